The summed E-state index contributed by atoms with van der Waals surface area (Å²) in [5, 5.41) is 4.20. The second-order valence-corrected chi connectivity index (χ2v) is 5.18. The van der Waals surface area contributed by atoms with Crippen LogP contribution in [0.3, 0.4) is 0 Å². The zero-order valence-corrected chi connectivity index (χ0v) is 8.41. The molecule has 11 heavy (non-hydrogen) atoms. The van der Waals surface area contributed by atoms with Crippen LogP contribution in [-0.4, -0.2) is 24.1 Å². The Hall–Kier alpha value is 0.310. The molecule has 0 bridgehead atoms. The molecular weight excluding hydrogens is 154 g/mol. The molecule has 0 aliphatic carbocycles. The summed E-state index contributed by atoms with van der Waals surface area (Å²) in [5.74, 6) is 2.36. The van der Waals surface area contributed by atoms with E-state index in [1.165, 1.54) is 31.7 Å². The minimum absolute atomic E-state index is 0.810. The molecule has 1 aliphatic heterocycles. The number of rotatable bonds is 3. The van der Waals surface area contributed by atoms with E-state index >= 15 is 0 Å². The summed E-state index contributed by atoms with van der Waals surface area (Å²) < 4.78 is 0. The van der Waals surface area contributed by atoms with E-state index in [-0.39, 0.29) is 0 Å². The summed E-state index contributed by atoms with van der Waals surface area (Å²) in [5.41, 5.74) is 0. The number of hydrogen-bond acceptors (Lipinski definition) is 2. The number of nitrogens with one attached hydrogen (secondary N) is 1. The molecule has 66 valence electrons. The predicted octanol–water partition coefficient (Wildman–Crippen LogP) is 2.13. The quantitative estimate of drug-likeness (QED) is 0.701. The molecular formula is C9H19NS. The minimum Gasteiger partial charge on any atom is -0.317 e. The monoisotopic (exact) mass is 173 g/mol. The first kappa shape index (κ1) is 9.40. The fraction of sp³-hybridized carbons (Fsp3) is 1.00. The highest BCUT2D eigenvalue weighted by Crippen LogP contribution is 2.20. The molecule has 0 atom stereocenters. The molecule has 0 saturated carbocycles. The van der Waals surface area contributed by atoms with Crippen LogP contribution in [-0.2, 0) is 0 Å². The maximum absolute atomic E-state index is 3.39. The molecule has 1 nitrogen and oxygen atoms in total. The van der Waals surface area contributed by atoms with Crippen LogP contribution in [0.2, 0.25) is 0 Å². The predicted molar refractivity (Wildman–Crippen MR) is 53.2 cm³/mol. The van der Waals surface area contributed by atoms with Gasteiger partial charge in [0.25, 0.3) is 0 Å². The van der Waals surface area contributed by atoms with Crippen molar-refractivity contribution in [1.82, 2.24) is 5.32 Å². The Kier molecular flexibility index (Phi) is 4.31. The van der Waals surface area contributed by atoms with Crippen molar-refractivity contribution in [1.29, 1.82) is 0 Å². The second-order valence-electron chi connectivity index (χ2n) is 3.58. The van der Waals surface area contributed by atoms with Crippen molar-refractivity contribution in [3.8, 4) is 0 Å². The fourth-order valence-corrected chi connectivity index (χ4v) is 2.37. The van der Waals surface area contributed by atoms with Crippen molar-refractivity contribution in [2.24, 2.45) is 5.92 Å². The molecule has 1 N–H and O–H groups in total. The van der Waals surface area contributed by atoms with Gasteiger partial charge in [0.1, 0.15) is 0 Å². The van der Waals surface area contributed by atoms with Crippen molar-refractivity contribution in [2.45, 2.75) is 31.9 Å². The molecule has 1 heterocycles. The van der Waals surface area contributed by atoms with Crippen LogP contribution < -0.4 is 5.32 Å². The highest BCUT2D eigenvalue weighted by molar-refractivity contribution is 7.99. The van der Waals surface area contributed by atoms with Crippen LogP contribution in [0.4, 0.5) is 0 Å². The number of piperidine rings is 1. The molecule has 0 amide bonds. The van der Waals surface area contributed by atoms with Gasteiger partial charge in [-0.1, -0.05) is 13.8 Å². The average molecular weight is 173 g/mol. The third kappa shape index (κ3) is 4.02. The van der Waals surface area contributed by atoms with Gasteiger partial charge in [-0.15, -0.1) is 0 Å². The van der Waals surface area contributed by atoms with E-state index < -0.39 is 0 Å². The van der Waals surface area contributed by atoms with Crippen LogP contribution in [0.5, 0.6) is 0 Å². The zero-order chi connectivity index (χ0) is 8.10. The van der Waals surface area contributed by atoms with E-state index in [1.807, 2.05) is 0 Å². The first-order valence-corrected chi connectivity index (χ1v) is 5.66. The molecule has 0 aromatic carbocycles. The van der Waals surface area contributed by atoms with Gasteiger partial charge in [0.05, 0.1) is 0 Å². The summed E-state index contributed by atoms with van der Waals surface area (Å²) in [6.07, 6.45) is 2.78. The van der Waals surface area contributed by atoms with Gasteiger partial charge < -0.3 is 5.32 Å². The molecule has 0 aromatic rings. The SMILES string of the molecule is CC(C)SCC1CCNCC1. The lowest BCUT2D eigenvalue weighted by atomic mass is 10.0. The maximum Gasteiger partial charge on any atom is -0.000958 e. The number of hydrogen-bond donors (Lipinski definition) is 1. The molecule has 0 unspecified atom stereocenters. The highest BCUT2D eigenvalue weighted by Gasteiger charge is 2.12. The molecule has 0 spiro atoms. The summed E-state index contributed by atoms with van der Waals surface area (Å²) in [6, 6.07) is 0. The lowest BCUT2D eigenvalue weighted by Gasteiger charge is -2.22. The van der Waals surface area contributed by atoms with E-state index in [2.05, 4.69) is 30.9 Å². The van der Waals surface area contributed by atoms with Crippen LogP contribution >= 0.6 is 11.8 Å². The Labute approximate surface area is 74.3 Å². The molecule has 1 saturated heterocycles. The minimum atomic E-state index is 0.810. The van der Waals surface area contributed by atoms with Crippen molar-refractivity contribution in [3.05, 3.63) is 0 Å². The van der Waals surface area contributed by atoms with E-state index in [0.717, 1.165) is 11.2 Å². The third-order valence-corrected chi connectivity index (χ3v) is 3.45. The Morgan fingerprint density at radius 1 is 1.36 bits per heavy atom. The Morgan fingerprint density at radius 2 is 2.00 bits per heavy atom. The number of thioether (sulfide) groups is 1. The van der Waals surface area contributed by atoms with Gasteiger partial charge in [-0.3, -0.25) is 0 Å². The van der Waals surface area contributed by atoms with Gasteiger partial charge in [0.2, 0.25) is 0 Å². The van der Waals surface area contributed by atoms with Crippen molar-refractivity contribution in [2.75, 3.05) is 18.8 Å². The zero-order valence-electron chi connectivity index (χ0n) is 7.60. The third-order valence-electron chi connectivity index (χ3n) is 2.12. The highest BCUT2D eigenvalue weighted by atomic mass is 32.2. The fourth-order valence-electron chi connectivity index (χ4n) is 1.38. The van der Waals surface area contributed by atoms with Crippen LogP contribution in [0, 0.1) is 5.92 Å². The van der Waals surface area contributed by atoms with Gasteiger partial charge in [-0.25, -0.2) is 0 Å². The Morgan fingerprint density at radius 3 is 2.55 bits per heavy atom. The van der Waals surface area contributed by atoms with Crippen molar-refractivity contribution >= 4 is 11.8 Å². The van der Waals surface area contributed by atoms with Crippen LogP contribution in [0.25, 0.3) is 0 Å². The molecule has 0 aromatic heterocycles. The summed E-state index contributed by atoms with van der Waals surface area (Å²) >= 11 is 2.11. The van der Waals surface area contributed by atoms with Crippen molar-refractivity contribution in [3.63, 3.8) is 0 Å². The largest absolute Gasteiger partial charge is 0.317 e. The molecule has 1 rings (SSSR count). The Balaban J connectivity index is 2.05. The second kappa shape index (κ2) is 5.04. The van der Waals surface area contributed by atoms with Crippen LogP contribution in [0.1, 0.15) is 26.7 Å². The topological polar surface area (TPSA) is 12.0 Å². The molecule has 2 heteroatoms. The lowest BCUT2D eigenvalue weighted by molar-refractivity contribution is 0.407. The van der Waals surface area contributed by atoms with Crippen LogP contribution in [0.15, 0.2) is 0 Å². The van der Waals surface area contributed by atoms with E-state index in [1.54, 1.807) is 0 Å². The van der Waals surface area contributed by atoms with Gasteiger partial charge in [-0.2, -0.15) is 11.8 Å². The molecule has 0 radical (unpaired) electrons. The van der Waals surface area contributed by atoms with E-state index in [4.69, 9.17) is 0 Å². The maximum atomic E-state index is 3.39. The van der Waals surface area contributed by atoms with E-state index in [0.29, 0.717) is 0 Å². The smallest absolute Gasteiger partial charge is 0.000958 e. The van der Waals surface area contributed by atoms with Gasteiger partial charge in [-0.05, 0) is 42.9 Å². The lowest BCUT2D eigenvalue weighted by Crippen LogP contribution is -2.28. The van der Waals surface area contributed by atoms with Crippen molar-refractivity contribution < 1.29 is 0 Å². The van der Waals surface area contributed by atoms with E-state index in [9.17, 15) is 0 Å². The first-order chi connectivity index (χ1) is 5.29. The average Bonchev–Trinajstić information content (AvgIpc) is 2.03. The van der Waals surface area contributed by atoms with Gasteiger partial charge >= 0.3 is 0 Å². The Bertz CT molecular complexity index is 97.7. The summed E-state index contributed by atoms with van der Waals surface area (Å²) in [7, 11) is 0. The summed E-state index contributed by atoms with van der Waals surface area (Å²) in [4.78, 5) is 0. The standard InChI is InChI=1S/C9H19NS/c1-8(2)11-7-9-3-5-10-6-4-9/h8-10H,3-7H2,1-2H3. The normalized spacial score (nSPS) is 21.0. The van der Waals surface area contributed by atoms with Gasteiger partial charge in [0, 0.05) is 0 Å². The van der Waals surface area contributed by atoms with Gasteiger partial charge in [0.15, 0.2) is 0 Å². The summed E-state index contributed by atoms with van der Waals surface area (Å²) in [6.45, 7) is 7.05. The first-order valence-electron chi connectivity index (χ1n) is 4.61. The molecule has 1 fully saturated rings. The molecule has 1 aliphatic rings.